The Morgan fingerprint density at radius 1 is 1.35 bits per heavy atom. The number of benzene rings is 1. The number of hydrogen-bond acceptors (Lipinski definition) is 3. The van der Waals surface area contributed by atoms with E-state index in [0.717, 1.165) is 6.07 Å². The lowest BCUT2D eigenvalue weighted by atomic mass is 10.1. The molecule has 0 radical (unpaired) electrons. The molecule has 1 aromatic rings. The van der Waals surface area contributed by atoms with Gasteiger partial charge in [0.2, 0.25) is 0 Å². The number of hydrogen-bond donors (Lipinski definition) is 0. The summed E-state index contributed by atoms with van der Waals surface area (Å²) in [4.78, 5) is 25.1. The lowest BCUT2D eigenvalue weighted by molar-refractivity contribution is -0.114. The third kappa shape index (κ3) is 2.55. The average Bonchev–Trinajstić information content (AvgIpc) is 2.61. The minimum atomic E-state index is -0.659. The molecular formula is C14H15ClFNO3. The summed E-state index contributed by atoms with van der Waals surface area (Å²) in [6.45, 7) is 4.02. The largest absolute Gasteiger partial charge is 0.379 e. The highest BCUT2D eigenvalue weighted by Crippen LogP contribution is 2.33. The van der Waals surface area contributed by atoms with Gasteiger partial charge in [0.15, 0.2) is 0 Å². The molecule has 1 amide bonds. The Morgan fingerprint density at radius 2 is 2.00 bits per heavy atom. The Morgan fingerprint density at radius 3 is 2.60 bits per heavy atom. The number of fused-ring (bicyclic) bond motifs is 1. The molecule has 0 N–H and O–H groups in total. The summed E-state index contributed by atoms with van der Waals surface area (Å²) in [5.41, 5.74) is -0.0118. The summed E-state index contributed by atoms with van der Waals surface area (Å²) in [5, 5.41) is -0.163. The maximum absolute atomic E-state index is 13.5. The summed E-state index contributed by atoms with van der Waals surface area (Å²) in [5.74, 6) is -1.96. The summed E-state index contributed by atoms with van der Waals surface area (Å²) >= 11 is 5.65. The molecule has 0 atom stereocenters. The number of ether oxygens (including phenoxy) is 1. The highest BCUT2D eigenvalue weighted by molar-refractivity contribution is 6.52. The van der Waals surface area contributed by atoms with Crippen molar-refractivity contribution < 1.29 is 18.7 Å². The molecule has 1 aromatic carbocycles. The van der Waals surface area contributed by atoms with Crippen LogP contribution in [-0.2, 0) is 9.53 Å². The number of carbonyl (C=O) groups excluding carboxylic acids is 2. The summed E-state index contributed by atoms with van der Waals surface area (Å²) in [7, 11) is 1.57. The van der Waals surface area contributed by atoms with Crippen LogP contribution in [0.3, 0.4) is 0 Å². The molecule has 108 valence electrons. The number of ketones is 1. The Hall–Kier alpha value is -1.46. The van der Waals surface area contributed by atoms with Gasteiger partial charge in [0, 0.05) is 13.7 Å². The minimum absolute atomic E-state index is 0.150. The van der Waals surface area contributed by atoms with Crippen LogP contribution < -0.4 is 4.90 Å². The van der Waals surface area contributed by atoms with Crippen LogP contribution in [0.4, 0.5) is 10.1 Å². The van der Waals surface area contributed by atoms with E-state index >= 15 is 0 Å². The van der Waals surface area contributed by atoms with Crippen molar-refractivity contribution in [3.63, 3.8) is 0 Å². The van der Waals surface area contributed by atoms with Crippen LogP contribution in [0.1, 0.15) is 30.6 Å². The van der Waals surface area contributed by atoms with Crippen molar-refractivity contribution in [3.8, 4) is 0 Å². The first-order valence-electron chi connectivity index (χ1n) is 6.17. The highest BCUT2D eigenvalue weighted by Gasteiger charge is 2.37. The second kappa shape index (κ2) is 5.14. The fourth-order valence-electron chi connectivity index (χ4n) is 1.99. The summed E-state index contributed by atoms with van der Waals surface area (Å²) in [6.07, 6.45) is 0.520. The Balaban J connectivity index is 2.31. The number of halogens is 2. The molecule has 0 saturated carbocycles. The molecule has 0 unspecified atom stereocenters. The number of carbonyl (C=O) groups is 2. The van der Waals surface area contributed by atoms with Crippen molar-refractivity contribution in [2.24, 2.45) is 0 Å². The van der Waals surface area contributed by atoms with Crippen LogP contribution in [0.15, 0.2) is 12.1 Å². The van der Waals surface area contributed by atoms with Gasteiger partial charge in [-0.3, -0.25) is 9.59 Å². The lowest BCUT2D eigenvalue weighted by Crippen LogP contribution is -2.35. The molecule has 0 aromatic heterocycles. The number of rotatable bonds is 4. The van der Waals surface area contributed by atoms with Gasteiger partial charge in [-0.1, -0.05) is 11.6 Å². The van der Waals surface area contributed by atoms with Crippen LogP contribution >= 0.6 is 11.6 Å². The zero-order valence-corrected chi connectivity index (χ0v) is 12.3. The second-order valence-electron chi connectivity index (χ2n) is 5.28. The number of amides is 1. The van der Waals surface area contributed by atoms with E-state index in [0.29, 0.717) is 6.42 Å². The van der Waals surface area contributed by atoms with E-state index in [2.05, 4.69) is 0 Å². The Bertz CT molecular complexity index is 586. The number of anilines is 1. The molecule has 20 heavy (non-hydrogen) atoms. The van der Waals surface area contributed by atoms with E-state index < -0.39 is 23.1 Å². The fourth-order valence-corrected chi connectivity index (χ4v) is 2.16. The highest BCUT2D eigenvalue weighted by atomic mass is 35.5. The molecule has 0 spiro atoms. The molecule has 2 rings (SSSR count). The maximum Gasteiger partial charge on any atom is 0.299 e. The monoisotopic (exact) mass is 299 g/mol. The normalized spacial score (nSPS) is 14.9. The summed E-state index contributed by atoms with van der Waals surface area (Å²) < 4.78 is 18.8. The Labute approximate surface area is 121 Å². The van der Waals surface area contributed by atoms with Gasteiger partial charge in [-0.25, -0.2) is 4.39 Å². The fraction of sp³-hybridized carbons (Fsp3) is 0.429. The Kier molecular flexibility index (Phi) is 3.84. The maximum atomic E-state index is 13.5. The quantitative estimate of drug-likeness (QED) is 0.803. The van der Waals surface area contributed by atoms with Gasteiger partial charge < -0.3 is 9.64 Å². The molecule has 1 heterocycles. The van der Waals surface area contributed by atoms with E-state index in [9.17, 15) is 14.0 Å². The molecule has 1 aliphatic rings. The predicted octanol–water partition coefficient (Wildman–Crippen LogP) is 2.82. The van der Waals surface area contributed by atoms with Crippen molar-refractivity contribution in [2.45, 2.75) is 25.9 Å². The van der Waals surface area contributed by atoms with E-state index in [1.165, 1.54) is 11.0 Å². The van der Waals surface area contributed by atoms with Crippen LogP contribution in [0.25, 0.3) is 0 Å². The van der Waals surface area contributed by atoms with Crippen molar-refractivity contribution in [1.29, 1.82) is 0 Å². The molecule has 0 fully saturated rings. The van der Waals surface area contributed by atoms with Crippen LogP contribution in [-0.4, -0.2) is 30.9 Å². The molecule has 6 heteroatoms. The lowest BCUT2D eigenvalue weighted by Gasteiger charge is -2.26. The molecule has 0 saturated heterocycles. The molecule has 1 aliphatic heterocycles. The van der Waals surface area contributed by atoms with Gasteiger partial charge in [-0.05, 0) is 32.4 Å². The van der Waals surface area contributed by atoms with Crippen LogP contribution in [0.2, 0.25) is 5.02 Å². The zero-order chi connectivity index (χ0) is 15.1. The van der Waals surface area contributed by atoms with Crippen molar-refractivity contribution in [2.75, 3.05) is 18.6 Å². The SMILES string of the molecule is COC(C)(C)CCN1C(=O)C(=O)c2cc(Cl)c(F)cc21. The first kappa shape index (κ1) is 14.9. The van der Waals surface area contributed by atoms with E-state index in [1.807, 2.05) is 13.8 Å². The number of nitrogens with zero attached hydrogens (tertiary/aromatic N) is 1. The number of Topliss-reactive ketones (excluding diaryl/α,β-unsaturated/α-hetero) is 1. The standard InChI is InChI=1S/C14H15ClFNO3/c1-14(2,20-3)4-5-17-11-7-10(16)9(15)6-8(11)12(18)13(17)19/h6-7H,4-5H2,1-3H3. The van der Waals surface area contributed by atoms with E-state index in [-0.39, 0.29) is 22.8 Å². The van der Waals surface area contributed by atoms with Crippen LogP contribution in [0, 0.1) is 5.82 Å². The molecule has 0 aliphatic carbocycles. The topological polar surface area (TPSA) is 46.6 Å². The summed E-state index contributed by atoms with van der Waals surface area (Å²) in [6, 6.07) is 2.33. The van der Waals surface area contributed by atoms with Gasteiger partial charge in [0.25, 0.3) is 11.7 Å². The van der Waals surface area contributed by atoms with Gasteiger partial charge in [-0.2, -0.15) is 0 Å². The van der Waals surface area contributed by atoms with Crippen LogP contribution in [0.5, 0.6) is 0 Å². The van der Waals surface area contributed by atoms with Gasteiger partial charge in [0.05, 0.1) is 21.9 Å². The van der Waals surface area contributed by atoms with Gasteiger partial charge >= 0.3 is 0 Å². The molecule has 0 bridgehead atoms. The van der Waals surface area contributed by atoms with E-state index in [4.69, 9.17) is 16.3 Å². The molecular weight excluding hydrogens is 285 g/mol. The van der Waals surface area contributed by atoms with Crippen molar-refractivity contribution in [1.82, 2.24) is 0 Å². The third-order valence-electron chi connectivity index (χ3n) is 3.50. The molecule has 4 nitrogen and oxygen atoms in total. The first-order chi connectivity index (χ1) is 9.26. The van der Waals surface area contributed by atoms with Gasteiger partial charge in [-0.15, -0.1) is 0 Å². The number of methoxy groups -OCH3 is 1. The van der Waals surface area contributed by atoms with Crippen molar-refractivity contribution >= 4 is 29.0 Å². The predicted molar refractivity (Wildman–Crippen MR) is 73.8 cm³/mol. The zero-order valence-electron chi connectivity index (χ0n) is 11.5. The first-order valence-corrected chi connectivity index (χ1v) is 6.55. The average molecular weight is 300 g/mol. The minimum Gasteiger partial charge on any atom is -0.379 e. The smallest absolute Gasteiger partial charge is 0.299 e. The second-order valence-corrected chi connectivity index (χ2v) is 5.69. The van der Waals surface area contributed by atoms with E-state index in [1.54, 1.807) is 7.11 Å². The van der Waals surface area contributed by atoms with Crippen molar-refractivity contribution in [3.05, 3.63) is 28.5 Å². The third-order valence-corrected chi connectivity index (χ3v) is 3.79. The van der Waals surface area contributed by atoms with Gasteiger partial charge in [0.1, 0.15) is 5.82 Å².